The minimum absolute atomic E-state index is 0.139. The number of methoxy groups -OCH3 is 1. The molecular weight excluding hydrogens is 292 g/mol. The van der Waals surface area contributed by atoms with Gasteiger partial charge in [-0.05, 0) is 11.5 Å². The van der Waals surface area contributed by atoms with Crippen LogP contribution in [0.2, 0.25) is 0 Å². The molecule has 0 aliphatic rings. The van der Waals surface area contributed by atoms with Crippen LogP contribution in [-0.4, -0.2) is 37.5 Å². The van der Waals surface area contributed by atoms with E-state index in [1.165, 1.54) is 0 Å². The van der Waals surface area contributed by atoms with E-state index < -0.39 is 11.5 Å². The lowest BCUT2D eigenvalue weighted by atomic mass is 9.81. The van der Waals surface area contributed by atoms with Gasteiger partial charge in [-0.25, -0.2) is 4.79 Å². The average molecular weight is 322 g/mol. The van der Waals surface area contributed by atoms with Gasteiger partial charge in [0, 0.05) is 19.1 Å². The average Bonchev–Trinajstić information content (AvgIpc) is 2.52. The van der Waals surface area contributed by atoms with Crippen LogP contribution >= 0.6 is 0 Å². The molecule has 1 rings (SSSR count). The van der Waals surface area contributed by atoms with Crippen molar-refractivity contribution in [1.29, 1.82) is 0 Å². The van der Waals surface area contributed by atoms with Crippen LogP contribution in [-0.2, 0) is 4.74 Å². The molecule has 3 N–H and O–H groups in total. The summed E-state index contributed by atoms with van der Waals surface area (Å²) in [6.45, 7) is 8.62. The van der Waals surface area contributed by atoms with E-state index in [4.69, 9.17) is 4.74 Å². The molecule has 2 atom stereocenters. The summed E-state index contributed by atoms with van der Waals surface area (Å²) in [6, 6.07) is 9.23. The van der Waals surface area contributed by atoms with Gasteiger partial charge in [0.15, 0.2) is 0 Å². The third-order valence-corrected chi connectivity index (χ3v) is 3.98. The van der Waals surface area contributed by atoms with E-state index in [1.807, 2.05) is 58.0 Å². The zero-order valence-corrected chi connectivity index (χ0v) is 14.8. The van der Waals surface area contributed by atoms with E-state index in [9.17, 15) is 9.90 Å². The molecular formula is C18H30N2O3. The monoisotopic (exact) mass is 322 g/mol. The summed E-state index contributed by atoms with van der Waals surface area (Å²) in [5.41, 5.74) is 0.598. The minimum Gasteiger partial charge on any atom is -0.392 e. The normalized spacial score (nSPS) is 14.4. The van der Waals surface area contributed by atoms with Crippen molar-refractivity contribution in [2.24, 2.45) is 11.3 Å². The van der Waals surface area contributed by atoms with Crippen molar-refractivity contribution >= 4 is 6.03 Å². The molecule has 23 heavy (non-hydrogen) atoms. The molecule has 1 aromatic rings. The van der Waals surface area contributed by atoms with Gasteiger partial charge in [-0.2, -0.15) is 0 Å². The van der Waals surface area contributed by atoms with Gasteiger partial charge in [-0.3, -0.25) is 0 Å². The molecule has 0 aliphatic heterocycles. The van der Waals surface area contributed by atoms with Crippen LogP contribution in [0.5, 0.6) is 0 Å². The number of hydrogen-bond donors (Lipinski definition) is 3. The number of benzene rings is 1. The zero-order valence-electron chi connectivity index (χ0n) is 14.8. The molecule has 2 amide bonds. The summed E-state index contributed by atoms with van der Waals surface area (Å²) in [5, 5.41) is 16.0. The Kier molecular flexibility index (Phi) is 7.52. The number of carbonyl (C=O) groups excluding carboxylic acids is 1. The number of urea groups is 1. The Balaban J connectivity index is 2.60. The molecule has 0 fully saturated rings. The number of hydrogen-bond acceptors (Lipinski definition) is 3. The second-order valence-corrected chi connectivity index (χ2v) is 6.92. The second kappa shape index (κ2) is 8.89. The molecule has 2 unspecified atom stereocenters. The van der Waals surface area contributed by atoms with Crippen LogP contribution in [0.4, 0.5) is 4.79 Å². The number of aliphatic hydroxyl groups is 1. The van der Waals surface area contributed by atoms with Crippen LogP contribution in [0.3, 0.4) is 0 Å². The first-order valence-corrected chi connectivity index (χ1v) is 8.04. The highest BCUT2D eigenvalue weighted by Gasteiger charge is 2.30. The van der Waals surface area contributed by atoms with Crippen molar-refractivity contribution in [1.82, 2.24) is 10.6 Å². The maximum atomic E-state index is 12.2. The number of carbonyl (C=O) groups is 1. The molecule has 0 spiro atoms. The van der Waals surface area contributed by atoms with Crippen LogP contribution in [0.15, 0.2) is 30.3 Å². The highest BCUT2D eigenvalue weighted by atomic mass is 16.5. The summed E-state index contributed by atoms with van der Waals surface area (Å²) >= 11 is 0. The molecule has 0 heterocycles. The fourth-order valence-electron chi connectivity index (χ4n) is 2.60. The Hall–Kier alpha value is -1.59. The van der Waals surface area contributed by atoms with E-state index >= 15 is 0 Å². The summed E-state index contributed by atoms with van der Waals surface area (Å²) < 4.78 is 5.19. The van der Waals surface area contributed by atoms with E-state index in [-0.39, 0.29) is 18.0 Å². The lowest BCUT2D eigenvalue weighted by molar-refractivity contribution is 0.0150. The topological polar surface area (TPSA) is 70.6 Å². The summed E-state index contributed by atoms with van der Waals surface area (Å²) in [7, 11) is 1.61. The maximum Gasteiger partial charge on any atom is 0.315 e. The Morgan fingerprint density at radius 3 is 2.39 bits per heavy atom. The number of nitrogens with one attached hydrogen (secondary N) is 2. The van der Waals surface area contributed by atoms with E-state index in [1.54, 1.807) is 7.11 Å². The van der Waals surface area contributed by atoms with Crippen LogP contribution in [0.25, 0.3) is 0 Å². The molecule has 0 bridgehead atoms. The highest BCUT2D eigenvalue weighted by Crippen LogP contribution is 2.25. The molecule has 0 radical (unpaired) electrons. The van der Waals surface area contributed by atoms with Gasteiger partial charge in [0.2, 0.25) is 0 Å². The molecule has 0 saturated heterocycles. The number of amides is 2. The Labute approximate surface area is 139 Å². The summed E-state index contributed by atoms with van der Waals surface area (Å²) in [6.07, 6.45) is -0.480. The number of ether oxygens (including phenoxy) is 1. The van der Waals surface area contributed by atoms with E-state index in [2.05, 4.69) is 10.6 Å². The van der Waals surface area contributed by atoms with Gasteiger partial charge in [-0.15, -0.1) is 0 Å². The smallest absolute Gasteiger partial charge is 0.315 e. The lowest BCUT2D eigenvalue weighted by Crippen LogP contribution is -2.47. The predicted octanol–water partition coefficient (Wildman–Crippen LogP) is 2.72. The van der Waals surface area contributed by atoms with Crippen molar-refractivity contribution < 1.29 is 14.6 Å². The SMILES string of the molecule is COCC(NC(=O)NCC(C)(C)C(O)C(C)C)c1ccccc1. The molecule has 0 aliphatic carbocycles. The predicted molar refractivity (Wildman–Crippen MR) is 92.2 cm³/mol. The van der Waals surface area contributed by atoms with E-state index in [0.717, 1.165) is 5.56 Å². The fourth-order valence-corrected chi connectivity index (χ4v) is 2.60. The van der Waals surface area contributed by atoms with Gasteiger partial charge in [0.1, 0.15) is 0 Å². The number of rotatable bonds is 8. The van der Waals surface area contributed by atoms with E-state index in [0.29, 0.717) is 13.2 Å². The standard InChI is InChI=1S/C18H30N2O3/c1-13(2)16(21)18(3,4)12-19-17(22)20-15(11-23-5)14-9-7-6-8-10-14/h6-10,13,15-16,21H,11-12H2,1-5H3,(H2,19,20,22). The van der Waals surface area contributed by atoms with Gasteiger partial charge >= 0.3 is 6.03 Å². The molecule has 0 aromatic heterocycles. The molecule has 130 valence electrons. The van der Waals surface area contributed by atoms with Crippen LogP contribution in [0, 0.1) is 11.3 Å². The van der Waals surface area contributed by atoms with Gasteiger partial charge in [-0.1, -0.05) is 58.0 Å². The Morgan fingerprint density at radius 2 is 1.87 bits per heavy atom. The van der Waals surface area contributed by atoms with Crippen molar-refractivity contribution in [2.75, 3.05) is 20.3 Å². The fraction of sp³-hybridized carbons (Fsp3) is 0.611. The Bertz CT molecular complexity index is 474. The second-order valence-electron chi connectivity index (χ2n) is 6.92. The van der Waals surface area contributed by atoms with Crippen LogP contribution < -0.4 is 10.6 Å². The summed E-state index contributed by atoms with van der Waals surface area (Å²) in [4.78, 5) is 12.2. The van der Waals surface area contributed by atoms with Crippen LogP contribution in [0.1, 0.15) is 39.3 Å². The van der Waals surface area contributed by atoms with Gasteiger partial charge in [0.05, 0.1) is 18.8 Å². The van der Waals surface area contributed by atoms with Gasteiger partial charge in [0.25, 0.3) is 0 Å². The molecule has 0 saturated carbocycles. The van der Waals surface area contributed by atoms with Crippen molar-refractivity contribution in [3.05, 3.63) is 35.9 Å². The molecule has 1 aromatic carbocycles. The Morgan fingerprint density at radius 1 is 1.26 bits per heavy atom. The largest absolute Gasteiger partial charge is 0.392 e. The first-order chi connectivity index (χ1) is 10.8. The third kappa shape index (κ3) is 6.20. The highest BCUT2D eigenvalue weighted by molar-refractivity contribution is 5.74. The van der Waals surface area contributed by atoms with Crippen molar-refractivity contribution in [3.8, 4) is 0 Å². The summed E-state index contributed by atoms with van der Waals surface area (Å²) in [5.74, 6) is 0.139. The first kappa shape index (κ1) is 19.5. The molecule has 5 nitrogen and oxygen atoms in total. The van der Waals surface area contributed by atoms with Crippen molar-refractivity contribution in [3.63, 3.8) is 0 Å². The molecule has 5 heteroatoms. The maximum absolute atomic E-state index is 12.2. The zero-order chi connectivity index (χ0) is 17.5. The number of aliphatic hydroxyl groups excluding tert-OH is 1. The minimum atomic E-state index is -0.480. The third-order valence-electron chi connectivity index (χ3n) is 3.98. The quantitative estimate of drug-likeness (QED) is 0.689. The lowest BCUT2D eigenvalue weighted by Gasteiger charge is -2.33. The van der Waals surface area contributed by atoms with Crippen molar-refractivity contribution in [2.45, 2.75) is 39.8 Å². The first-order valence-electron chi connectivity index (χ1n) is 8.04. The van der Waals surface area contributed by atoms with Gasteiger partial charge < -0.3 is 20.5 Å².